The molecule has 0 radical (unpaired) electrons. The molecule has 32 heavy (non-hydrogen) atoms. The van der Waals surface area contributed by atoms with Crippen LogP contribution in [0.15, 0.2) is 11.1 Å². The van der Waals surface area contributed by atoms with E-state index in [9.17, 15) is 4.79 Å². The van der Waals surface area contributed by atoms with E-state index < -0.39 is 6.17 Å². The van der Waals surface area contributed by atoms with E-state index in [1.165, 1.54) is 57.4 Å². The molecule has 2 fully saturated rings. The topological polar surface area (TPSA) is 26.3 Å². The molecular formula is C29H47FO2. The van der Waals surface area contributed by atoms with Crippen LogP contribution in [-0.2, 0) is 9.53 Å². The summed E-state index contributed by atoms with van der Waals surface area (Å²) in [6.45, 7) is 11.2. The second-order valence-corrected chi connectivity index (χ2v) is 12.5. The van der Waals surface area contributed by atoms with Crippen LogP contribution in [0.5, 0.6) is 0 Å². The van der Waals surface area contributed by atoms with Crippen molar-refractivity contribution in [2.75, 3.05) is 0 Å². The number of hydrogen-bond donors (Lipinski definition) is 0. The molecule has 0 aliphatic heterocycles. The van der Waals surface area contributed by atoms with Gasteiger partial charge in [-0.05, 0) is 92.3 Å². The van der Waals surface area contributed by atoms with Gasteiger partial charge in [0.2, 0.25) is 0 Å². The summed E-state index contributed by atoms with van der Waals surface area (Å²) in [5, 5.41) is 0. The highest BCUT2D eigenvalue weighted by Gasteiger charge is 2.56. The molecule has 3 heteroatoms. The van der Waals surface area contributed by atoms with Gasteiger partial charge in [-0.2, -0.15) is 0 Å². The Morgan fingerprint density at radius 2 is 1.91 bits per heavy atom. The highest BCUT2D eigenvalue weighted by Crippen LogP contribution is 2.64. The van der Waals surface area contributed by atoms with Crippen LogP contribution in [0.3, 0.4) is 0 Å². The predicted molar refractivity (Wildman–Crippen MR) is 129 cm³/mol. The molecule has 0 aromatic heterocycles. The number of fused-ring (bicyclic) bond motifs is 4. The molecule has 182 valence electrons. The van der Waals surface area contributed by atoms with Crippen LogP contribution in [0.2, 0.25) is 0 Å². The van der Waals surface area contributed by atoms with E-state index in [4.69, 9.17) is 4.74 Å². The first-order valence-corrected chi connectivity index (χ1v) is 13.7. The van der Waals surface area contributed by atoms with Crippen LogP contribution >= 0.6 is 0 Å². The molecule has 0 bridgehead atoms. The highest BCUT2D eigenvalue weighted by molar-refractivity contribution is 5.66. The third-order valence-corrected chi connectivity index (χ3v) is 10.1. The first-order valence-electron chi connectivity index (χ1n) is 13.7. The van der Waals surface area contributed by atoms with Crippen molar-refractivity contribution < 1.29 is 13.9 Å². The second-order valence-electron chi connectivity index (χ2n) is 12.5. The maximum absolute atomic E-state index is 15.3. The van der Waals surface area contributed by atoms with Crippen molar-refractivity contribution in [2.24, 2.45) is 40.9 Å². The molecule has 8 atom stereocenters. The minimum absolute atomic E-state index is 0.0357. The summed E-state index contributed by atoms with van der Waals surface area (Å²) in [6, 6.07) is 0. The molecule has 2 nitrogen and oxygen atoms in total. The molecule has 0 amide bonds. The van der Waals surface area contributed by atoms with Crippen LogP contribution in [0.1, 0.15) is 112 Å². The lowest BCUT2D eigenvalue weighted by molar-refractivity contribution is -0.146. The Balaban J connectivity index is 1.50. The van der Waals surface area contributed by atoms with Crippen molar-refractivity contribution in [2.45, 2.75) is 124 Å². The third kappa shape index (κ3) is 4.83. The maximum Gasteiger partial charge on any atom is 0.302 e. The average Bonchev–Trinajstić information content (AvgIpc) is 2.98. The monoisotopic (exact) mass is 446 g/mol. The fraction of sp³-hybridized carbons (Fsp3) is 0.897. The van der Waals surface area contributed by atoms with Gasteiger partial charge in [-0.1, -0.05) is 58.1 Å². The summed E-state index contributed by atoms with van der Waals surface area (Å²) >= 11 is 0. The van der Waals surface area contributed by atoms with E-state index in [1.54, 1.807) is 5.57 Å². The van der Waals surface area contributed by atoms with Gasteiger partial charge in [-0.25, -0.2) is 4.39 Å². The summed E-state index contributed by atoms with van der Waals surface area (Å²) in [4.78, 5) is 11.5. The van der Waals surface area contributed by atoms with Gasteiger partial charge in [0.1, 0.15) is 12.3 Å². The van der Waals surface area contributed by atoms with Gasteiger partial charge in [0.15, 0.2) is 0 Å². The number of esters is 1. The zero-order chi connectivity index (χ0) is 23.0. The summed E-state index contributed by atoms with van der Waals surface area (Å²) in [5.74, 6) is 4.00. The van der Waals surface area contributed by atoms with Crippen LogP contribution in [0.25, 0.3) is 0 Å². The molecule has 0 aromatic rings. The SMILES string of the molecule is CC(=O)O[C@H]1CCC2=C(C[C@H](F)C[C@@H]3[C@@H]2CC[C@]2(C)[C@@H]([C@H](C)CCCC(C)C)CC[C@@H]32)C1. The van der Waals surface area contributed by atoms with Gasteiger partial charge < -0.3 is 4.74 Å². The van der Waals surface area contributed by atoms with Crippen LogP contribution in [-0.4, -0.2) is 18.2 Å². The molecular weight excluding hydrogens is 399 g/mol. The van der Waals surface area contributed by atoms with Crippen molar-refractivity contribution >= 4 is 5.97 Å². The van der Waals surface area contributed by atoms with E-state index in [0.29, 0.717) is 29.6 Å². The lowest BCUT2D eigenvalue weighted by atomic mass is 9.54. The Labute approximate surface area is 196 Å². The van der Waals surface area contributed by atoms with Gasteiger partial charge >= 0.3 is 5.97 Å². The van der Waals surface area contributed by atoms with Crippen molar-refractivity contribution in [1.29, 1.82) is 0 Å². The van der Waals surface area contributed by atoms with E-state index in [-0.39, 0.29) is 12.1 Å². The summed E-state index contributed by atoms with van der Waals surface area (Å²) in [5.41, 5.74) is 3.29. The number of halogens is 1. The molecule has 0 unspecified atom stereocenters. The number of carbonyl (C=O) groups excluding carboxylic acids is 1. The largest absolute Gasteiger partial charge is 0.462 e. The summed E-state index contributed by atoms with van der Waals surface area (Å²) in [7, 11) is 0. The quantitative estimate of drug-likeness (QED) is 0.305. The van der Waals surface area contributed by atoms with Gasteiger partial charge in [-0.3, -0.25) is 4.79 Å². The molecule has 0 heterocycles. The minimum atomic E-state index is -0.726. The van der Waals surface area contributed by atoms with E-state index >= 15 is 4.39 Å². The van der Waals surface area contributed by atoms with Crippen molar-refractivity contribution in [3.05, 3.63) is 11.1 Å². The molecule has 4 aliphatic carbocycles. The van der Waals surface area contributed by atoms with E-state index in [0.717, 1.165) is 43.4 Å². The Bertz CT molecular complexity index is 712. The summed E-state index contributed by atoms with van der Waals surface area (Å²) in [6.07, 6.45) is 12.6. The van der Waals surface area contributed by atoms with Gasteiger partial charge in [0.25, 0.3) is 0 Å². The van der Waals surface area contributed by atoms with Gasteiger partial charge in [0, 0.05) is 13.3 Å². The molecule has 0 aromatic carbocycles. The Kier molecular flexibility index (Phi) is 7.42. The van der Waals surface area contributed by atoms with Crippen molar-refractivity contribution in [1.82, 2.24) is 0 Å². The van der Waals surface area contributed by atoms with Crippen LogP contribution in [0.4, 0.5) is 4.39 Å². The minimum Gasteiger partial charge on any atom is -0.462 e. The molecule has 4 rings (SSSR count). The van der Waals surface area contributed by atoms with Gasteiger partial charge in [0.05, 0.1) is 0 Å². The Morgan fingerprint density at radius 3 is 2.62 bits per heavy atom. The van der Waals surface area contributed by atoms with E-state index in [2.05, 4.69) is 27.7 Å². The molecule has 0 N–H and O–H groups in total. The first kappa shape index (κ1) is 24.3. The average molecular weight is 447 g/mol. The van der Waals surface area contributed by atoms with Crippen molar-refractivity contribution in [3.63, 3.8) is 0 Å². The zero-order valence-corrected chi connectivity index (χ0v) is 21.3. The smallest absolute Gasteiger partial charge is 0.302 e. The predicted octanol–water partition coefficient (Wildman–Crippen LogP) is 8.05. The lowest BCUT2D eigenvalue weighted by Crippen LogP contribution is -2.44. The normalized spacial score (nSPS) is 40.3. The maximum atomic E-state index is 15.3. The van der Waals surface area contributed by atoms with E-state index in [1.807, 2.05) is 0 Å². The number of allylic oxidation sites excluding steroid dienone is 1. The highest BCUT2D eigenvalue weighted by atomic mass is 19.1. The Morgan fingerprint density at radius 1 is 1.12 bits per heavy atom. The zero-order valence-electron chi connectivity index (χ0n) is 21.3. The van der Waals surface area contributed by atoms with Crippen LogP contribution in [0, 0.1) is 40.9 Å². The fourth-order valence-electron chi connectivity index (χ4n) is 8.72. The lowest BCUT2D eigenvalue weighted by Gasteiger charge is -2.51. The Hall–Kier alpha value is -0.860. The van der Waals surface area contributed by atoms with Crippen LogP contribution < -0.4 is 0 Å². The first-order chi connectivity index (χ1) is 15.2. The number of hydrogen-bond acceptors (Lipinski definition) is 2. The molecule has 0 spiro atoms. The molecule has 2 saturated carbocycles. The fourth-order valence-corrected chi connectivity index (χ4v) is 8.72. The number of rotatable bonds is 6. The molecule has 0 saturated heterocycles. The standard InChI is InChI=1S/C29H47FO2/c1-18(2)7-6-8-19(3)27-11-12-28-26-17-22(30)15-21-16-23(32-20(4)31)9-10-24(21)25(26)13-14-29(27,28)5/h18-19,22-23,25-28H,6-17H2,1-5H3/t19-,22+,23+,25-,26-,27-,28+,29-/m1/s1. The third-order valence-electron chi connectivity index (χ3n) is 10.1. The number of ether oxygens (including phenoxy) is 1. The second kappa shape index (κ2) is 9.79. The van der Waals surface area contributed by atoms with Gasteiger partial charge in [-0.15, -0.1) is 0 Å². The molecule has 4 aliphatic rings. The number of alkyl halides is 1. The number of carbonyl (C=O) groups is 1. The summed E-state index contributed by atoms with van der Waals surface area (Å²) < 4.78 is 20.8. The van der Waals surface area contributed by atoms with Crippen molar-refractivity contribution in [3.8, 4) is 0 Å².